The van der Waals surface area contributed by atoms with Crippen molar-refractivity contribution in [2.75, 3.05) is 5.32 Å². The standard InChI is InChI=1S/C11H14BrNO/c1-4-9-6-10(12)5-7(2)11(9)13-8(3)14/h5-6H,4H2,1-3H3,(H,13,14). The Hall–Kier alpha value is -0.830. The monoisotopic (exact) mass is 255 g/mol. The highest BCUT2D eigenvalue weighted by atomic mass is 79.9. The number of hydrogen-bond donors (Lipinski definition) is 1. The summed E-state index contributed by atoms with van der Waals surface area (Å²) in [5, 5.41) is 2.86. The average molecular weight is 256 g/mol. The second-order valence-corrected chi connectivity index (χ2v) is 4.21. The molecule has 0 fully saturated rings. The first-order valence-corrected chi connectivity index (χ1v) is 5.40. The molecule has 0 heterocycles. The maximum Gasteiger partial charge on any atom is 0.221 e. The molecule has 0 aliphatic heterocycles. The highest BCUT2D eigenvalue weighted by Crippen LogP contribution is 2.26. The highest BCUT2D eigenvalue weighted by molar-refractivity contribution is 9.10. The molecular formula is C11H14BrNO. The zero-order chi connectivity index (χ0) is 10.7. The summed E-state index contributed by atoms with van der Waals surface area (Å²) in [4.78, 5) is 11.0. The van der Waals surface area contributed by atoms with Crippen molar-refractivity contribution < 1.29 is 4.79 Å². The van der Waals surface area contributed by atoms with Gasteiger partial charge in [-0.1, -0.05) is 22.9 Å². The number of carbonyl (C=O) groups is 1. The fourth-order valence-corrected chi connectivity index (χ4v) is 2.07. The molecule has 0 atom stereocenters. The Bertz CT molecular complexity index is 361. The molecule has 0 aliphatic rings. The number of nitrogens with one attached hydrogen (secondary N) is 1. The predicted octanol–water partition coefficient (Wildman–Crippen LogP) is 3.28. The first-order chi connectivity index (χ1) is 6.54. The van der Waals surface area contributed by atoms with Crippen LogP contribution >= 0.6 is 15.9 Å². The molecule has 2 nitrogen and oxygen atoms in total. The van der Waals surface area contributed by atoms with Crippen LogP contribution in [0.2, 0.25) is 0 Å². The number of halogens is 1. The second kappa shape index (κ2) is 4.60. The number of carbonyl (C=O) groups excluding carboxylic acids is 1. The van der Waals surface area contributed by atoms with Crippen LogP contribution in [-0.2, 0) is 11.2 Å². The predicted molar refractivity (Wildman–Crippen MR) is 62.6 cm³/mol. The van der Waals surface area contributed by atoms with E-state index in [1.165, 1.54) is 6.92 Å². The third-order valence-electron chi connectivity index (χ3n) is 2.06. The highest BCUT2D eigenvalue weighted by Gasteiger charge is 2.06. The quantitative estimate of drug-likeness (QED) is 0.864. The van der Waals surface area contributed by atoms with Gasteiger partial charge in [0.1, 0.15) is 0 Å². The van der Waals surface area contributed by atoms with Crippen LogP contribution in [0.3, 0.4) is 0 Å². The van der Waals surface area contributed by atoms with E-state index in [-0.39, 0.29) is 5.91 Å². The Labute approximate surface area is 92.8 Å². The Kier molecular flexibility index (Phi) is 3.69. The van der Waals surface area contributed by atoms with E-state index in [9.17, 15) is 4.79 Å². The van der Waals surface area contributed by atoms with Crippen molar-refractivity contribution in [3.8, 4) is 0 Å². The zero-order valence-corrected chi connectivity index (χ0v) is 10.2. The Morgan fingerprint density at radius 3 is 2.64 bits per heavy atom. The van der Waals surface area contributed by atoms with Gasteiger partial charge in [-0.2, -0.15) is 0 Å². The number of benzene rings is 1. The number of amides is 1. The van der Waals surface area contributed by atoms with Crippen molar-refractivity contribution in [1.29, 1.82) is 0 Å². The summed E-state index contributed by atoms with van der Waals surface area (Å²) in [6, 6.07) is 4.04. The summed E-state index contributed by atoms with van der Waals surface area (Å²) >= 11 is 3.44. The first kappa shape index (κ1) is 11.2. The summed E-state index contributed by atoms with van der Waals surface area (Å²) in [6.07, 6.45) is 0.913. The van der Waals surface area contributed by atoms with Gasteiger partial charge in [-0.05, 0) is 36.6 Å². The minimum absolute atomic E-state index is 0.0230. The number of aryl methyl sites for hydroxylation is 2. The molecule has 1 aromatic carbocycles. The van der Waals surface area contributed by atoms with Gasteiger partial charge >= 0.3 is 0 Å². The van der Waals surface area contributed by atoms with Crippen molar-refractivity contribution in [2.45, 2.75) is 27.2 Å². The molecule has 0 spiro atoms. The normalized spacial score (nSPS) is 10.0. The van der Waals surface area contributed by atoms with Gasteiger partial charge in [-0.15, -0.1) is 0 Å². The fraction of sp³-hybridized carbons (Fsp3) is 0.364. The maximum atomic E-state index is 11.0. The SMILES string of the molecule is CCc1cc(Br)cc(C)c1NC(C)=O. The molecule has 0 bridgehead atoms. The first-order valence-electron chi connectivity index (χ1n) is 4.61. The summed E-state index contributed by atoms with van der Waals surface area (Å²) in [5.74, 6) is -0.0230. The summed E-state index contributed by atoms with van der Waals surface area (Å²) in [5.41, 5.74) is 3.20. The van der Waals surface area contributed by atoms with E-state index in [0.717, 1.165) is 27.7 Å². The van der Waals surface area contributed by atoms with Crippen LogP contribution in [0.15, 0.2) is 16.6 Å². The van der Waals surface area contributed by atoms with Crippen molar-refractivity contribution in [1.82, 2.24) is 0 Å². The topological polar surface area (TPSA) is 29.1 Å². The summed E-state index contributed by atoms with van der Waals surface area (Å²) < 4.78 is 1.06. The van der Waals surface area contributed by atoms with Crippen molar-refractivity contribution in [3.63, 3.8) is 0 Å². The van der Waals surface area contributed by atoms with Crippen LogP contribution in [0.1, 0.15) is 25.0 Å². The molecular weight excluding hydrogens is 242 g/mol. The van der Waals surface area contributed by atoms with E-state index in [1.54, 1.807) is 0 Å². The van der Waals surface area contributed by atoms with Gasteiger partial charge in [-0.3, -0.25) is 4.79 Å². The molecule has 0 unspecified atom stereocenters. The van der Waals surface area contributed by atoms with E-state index in [1.807, 2.05) is 19.1 Å². The lowest BCUT2D eigenvalue weighted by Gasteiger charge is -2.12. The van der Waals surface area contributed by atoms with E-state index in [0.29, 0.717) is 0 Å². The smallest absolute Gasteiger partial charge is 0.221 e. The molecule has 1 rings (SSSR count). The molecule has 0 aromatic heterocycles. The van der Waals surface area contributed by atoms with Crippen molar-refractivity contribution in [3.05, 3.63) is 27.7 Å². The number of anilines is 1. The van der Waals surface area contributed by atoms with Crippen LogP contribution in [0.4, 0.5) is 5.69 Å². The van der Waals surface area contributed by atoms with Gasteiger partial charge < -0.3 is 5.32 Å². The minimum Gasteiger partial charge on any atom is -0.326 e. The Morgan fingerprint density at radius 2 is 2.14 bits per heavy atom. The molecule has 14 heavy (non-hydrogen) atoms. The largest absolute Gasteiger partial charge is 0.326 e. The summed E-state index contributed by atoms with van der Waals surface area (Å²) in [6.45, 7) is 5.60. The van der Waals surface area contributed by atoms with Gasteiger partial charge in [0.25, 0.3) is 0 Å². The molecule has 1 amide bonds. The van der Waals surface area contributed by atoms with E-state index in [2.05, 4.69) is 28.2 Å². The zero-order valence-electron chi connectivity index (χ0n) is 8.65. The molecule has 1 aromatic rings. The van der Waals surface area contributed by atoms with E-state index in [4.69, 9.17) is 0 Å². The number of hydrogen-bond acceptors (Lipinski definition) is 1. The summed E-state index contributed by atoms with van der Waals surface area (Å²) in [7, 11) is 0. The molecule has 0 saturated carbocycles. The van der Waals surface area contributed by atoms with E-state index >= 15 is 0 Å². The van der Waals surface area contributed by atoms with Gasteiger partial charge in [-0.25, -0.2) is 0 Å². The molecule has 3 heteroatoms. The molecule has 76 valence electrons. The fourth-order valence-electron chi connectivity index (χ4n) is 1.45. The van der Waals surface area contributed by atoms with Crippen molar-refractivity contribution in [2.24, 2.45) is 0 Å². The van der Waals surface area contributed by atoms with Crippen LogP contribution < -0.4 is 5.32 Å². The van der Waals surface area contributed by atoms with Crippen LogP contribution in [0.5, 0.6) is 0 Å². The number of rotatable bonds is 2. The lowest BCUT2D eigenvalue weighted by atomic mass is 10.1. The molecule has 0 radical (unpaired) electrons. The van der Waals surface area contributed by atoms with Gasteiger partial charge in [0.05, 0.1) is 0 Å². The molecule has 1 N–H and O–H groups in total. The average Bonchev–Trinajstić information content (AvgIpc) is 2.08. The van der Waals surface area contributed by atoms with Crippen LogP contribution in [0.25, 0.3) is 0 Å². The second-order valence-electron chi connectivity index (χ2n) is 3.29. The van der Waals surface area contributed by atoms with Crippen LogP contribution in [-0.4, -0.2) is 5.91 Å². The van der Waals surface area contributed by atoms with Crippen LogP contribution in [0, 0.1) is 6.92 Å². The van der Waals surface area contributed by atoms with E-state index < -0.39 is 0 Å². The van der Waals surface area contributed by atoms with Crippen molar-refractivity contribution >= 4 is 27.5 Å². The Balaban J connectivity index is 3.18. The third-order valence-corrected chi connectivity index (χ3v) is 2.52. The minimum atomic E-state index is -0.0230. The maximum absolute atomic E-state index is 11.0. The Morgan fingerprint density at radius 1 is 1.50 bits per heavy atom. The molecule has 0 aliphatic carbocycles. The van der Waals surface area contributed by atoms with Gasteiger partial charge in [0.15, 0.2) is 0 Å². The van der Waals surface area contributed by atoms with Gasteiger partial charge in [0.2, 0.25) is 5.91 Å². The molecule has 0 saturated heterocycles. The van der Waals surface area contributed by atoms with Gasteiger partial charge in [0, 0.05) is 17.1 Å². The lowest BCUT2D eigenvalue weighted by molar-refractivity contribution is -0.114. The lowest BCUT2D eigenvalue weighted by Crippen LogP contribution is -2.09. The third kappa shape index (κ3) is 2.58.